The second-order valence-corrected chi connectivity index (χ2v) is 13.0. The number of unbranched alkanes of at least 4 members (excludes halogenated alkanes) is 7. The average molecular weight is 409 g/mol. The highest BCUT2D eigenvalue weighted by molar-refractivity contribution is 4.78. The van der Waals surface area contributed by atoms with Gasteiger partial charge in [-0.15, -0.1) is 0 Å². The molecule has 0 saturated carbocycles. The third-order valence-corrected chi connectivity index (χ3v) is 7.14. The Labute approximate surface area is 187 Å². The minimum absolute atomic E-state index is 0.472. The van der Waals surface area contributed by atoms with Gasteiger partial charge in [0.25, 0.3) is 0 Å². The summed E-state index contributed by atoms with van der Waals surface area (Å²) >= 11 is 0. The summed E-state index contributed by atoms with van der Waals surface area (Å²) in [5, 5.41) is 0. The molecule has 1 atom stereocenters. The molecule has 0 heterocycles. The van der Waals surface area contributed by atoms with Crippen molar-refractivity contribution in [3.05, 3.63) is 0 Å². The van der Waals surface area contributed by atoms with Crippen LogP contribution in [0.5, 0.6) is 0 Å². The van der Waals surface area contributed by atoms with Gasteiger partial charge in [0.2, 0.25) is 0 Å². The molecule has 0 aliphatic heterocycles. The van der Waals surface area contributed by atoms with E-state index in [-0.39, 0.29) is 0 Å². The number of hydrogen-bond acceptors (Lipinski definition) is 0. The van der Waals surface area contributed by atoms with Crippen molar-refractivity contribution in [2.24, 2.45) is 22.2 Å². The maximum absolute atomic E-state index is 2.61. The topological polar surface area (TPSA) is 0 Å². The summed E-state index contributed by atoms with van der Waals surface area (Å²) in [7, 11) is 0. The predicted octanol–water partition coefficient (Wildman–Crippen LogP) is 11.0. The third kappa shape index (κ3) is 18.5. The van der Waals surface area contributed by atoms with Crippen LogP contribution in [0.15, 0.2) is 0 Å². The van der Waals surface area contributed by atoms with Gasteiger partial charge >= 0.3 is 0 Å². The quantitative estimate of drug-likeness (QED) is 0.198. The molecular formula is C29H60. The minimum Gasteiger partial charge on any atom is -0.0654 e. The Balaban J connectivity index is 4.36. The van der Waals surface area contributed by atoms with Crippen molar-refractivity contribution in [3.63, 3.8) is 0 Å². The SMILES string of the molecule is CCCCCCCCCC(C)(CCCCC(C)(C)CCC(C)C)CCC(C)(C)C. The van der Waals surface area contributed by atoms with E-state index in [2.05, 4.69) is 62.3 Å². The fourth-order valence-electron chi connectivity index (χ4n) is 4.52. The highest BCUT2D eigenvalue weighted by Crippen LogP contribution is 2.40. The van der Waals surface area contributed by atoms with Gasteiger partial charge in [-0.3, -0.25) is 0 Å². The highest BCUT2D eigenvalue weighted by Gasteiger charge is 2.26. The normalized spacial score (nSPS) is 15.1. The molecule has 0 heteroatoms. The Kier molecular flexibility index (Phi) is 14.9. The van der Waals surface area contributed by atoms with E-state index < -0.39 is 0 Å². The summed E-state index contributed by atoms with van der Waals surface area (Å²) in [6, 6.07) is 0. The van der Waals surface area contributed by atoms with Crippen molar-refractivity contribution < 1.29 is 0 Å². The van der Waals surface area contributed by atoms with Crippen LogP contribution in [-0.2, 0) is 0 Å². The standard InChI is InChI=1S/C29H60/c1-10-11-12-13-14-15-16-21-29(9,25-24-27(4,5)6)22-18-17-20-28(7,8)23-19-26(2)3/h26H,10-25H2,1-9H3. The molecule has 0 aliphatic carbocycles. The maximum atomic E-state index is 2.61. The van der Waals surface area contributed by atoms with Crippen LogP contribution in [0.4, 0.5) is 0 Å². The first-order valence-electron chi connectivity index (χ1n) is 13.4. The first-order valence-corrected chi connectivity index (χ1v) is 13.4. The van der Waals surface area contributed by atoms with Crippen LogP contribution in [0, 0.1) is 22.2 Å². The van der Waals surface area contributed by atoms with E-state index in [1.54, 1.807) is 0 Å². The van der Waals surface area contributed by atoms with E-state index in [0.29, 0.717) is 16.2 Å². The first-order chi connectivity index (χ1) is 13.4. The molecule has 0 aromatic rings. The van der Waals surface area contributed by atoms with Gasteiger partial charge in [0.1, 0.15) is 0 Å². The zero-order chi connectivity index (χ0) is 22.4. The molecule has 0 saturated heterocycles. The Hall–Kier alpha value is 0. The lowest BCUT2D eigenvalue weighted by Crippen LogP contribution is -2.20. The molecule has 0 rings (SSSR count). The second-order valence-electron chi connectivity index (χ2n) is 13.0. The summed E-state index contributed by atoms with van der Waals surface area (Å²) in [6.45, 7) is 21.9. The second kappa shape index (κ2) is 14.9. The van der Waals surface area contributed by atoms with Gasteiger partial charge in [-0.2, -0.15) is 0 Å². The van der Waals surface area contributed by atoms with Crippen LogP contribution in [0.3, 0.4) is 0 Å². The smallest absolute Gasteiger partial charge is 0.0326 e. The van der Waals surface area contributed by atoms with Crippen molar-refractivity contribution in [2.75, 3.05) is 0 Å². The van der Waals surface area contributed by atoms with Crippen LogP contribution >= 0.6 is 0 Å². The zero-order valence-electron chi connectivity index (χ0n) is 22.4. The van der Waals surface area contributed by atoms with Gasteiger partial charge in [-0.1, -0.05) is 127 Å². The highest BCUT2D eigenvalue weighted by atomic mass is 14.3. The van der Waals surface area contributed by atoms with Gasteiger partial charge in [0.15, 0.2) is 0 Å². The summed E-state index contributed by atoms with van der Waals surface area (Å²) < 4.78 is 0. The van der Waals surface area contributed by atoms with Gasteiger partial charge < -0.3 is 0 Å². The van der Waals surface area contributed by atoms with E-state index in [9.17, 15) is 0 Å². The van der Waals surface area contributed by atoms with E-state index in [4.69, 9.17) is 0 Å². The van der Waals surface area contributed by atoms with Gasteiger partial charge in [-0.05, 0) is 60.7 Å². The van der Waals surface area contributed by atoms with Crippen molar-refractivity contribution in [2.45, 2.75) is 165 Å². The Morgan fingerprint density at radius 1 is 0.517 bits per heavy atom. The zero-order valence-corrected chi connectivity index (χ0v) is 22.4. The molecule has 0 N–H and O–H groups in total. The fourth-order valence-corrected chi connectivity index (χ4v) is 4.52. The van der Waals surface area contributed by atoms with Crippen molar-refractivity contribution in [1.82, 2.24) is 0 Å². The molecule has 0 amide bonds. The van der Waals surface area contributed by atoms with Crippen molar-refractivity contribution in [1.29, 1.82) is 0 Å². The van der Waals surface area contributed by atoms with Gasteiger partial charge in [0.05, 0.1) is 0 Å². The van der Waals surface area contributed by atoms with Crippen LogP contribution in [0.25, 0.3) is 0 Å². The number of hydrogen-bond donors (Lipinski definition) is 0. The Bertz CT molecular complexity index is 370. The summed E-state index contributed by atoms with van der Waals surface area (Å²) in [5.74, 6) is 0.844. The number of rotatable bonds is 18. The fraction of sp³-hybridized carbons (Fsp3) is 1.00. The largest absolute Gasteiger partial charge is 0.0654 e. The summed E-state index contributed by atoms with van der Waals surface area (Å²) in [5.41, 5.74) is 1.57. The summed E-state index contributed by atoms with van der Waals surface area (Å²) in [6.07, 6.45) is 22.8. The third-order valence-electron chi connectivity index (χ3n) is 7.14. The molecule has 29 heavy (non-hydrogen) atoms. The molecule has 0 radical (unpaired) electrons. The van der Waals surface area contributed by atoms with Crippen LogP contribution < -0.4 is 0 Å². The molecule has 0 nitrogen and oxygen atoms in total. The summed E-state index contributed by atoms with van der Waals surface area (Å²) in [4.78, 5) is 0. The minimum atomic E-state index is 0.472. The van der Waals surface area contributed by atoms with Crippen LogP contribution in [-0.4, -0.2) is 0 Å². The molecule has 0 aliphatic rings. The first kappa shape index (κ1) is 29.0. The molecule has 176 valence electrons. The molecule has 0 aromatic heterocycles. The lowest BCUT2D eigenvalue weighted by atomic mass is 9.72. The molecule has 0 fully saturated rings. The average Bonchev–Trinajstić information content (AvgIpc) is 2.61. The maximum Gasteiger partial charge on any atom is -0.0326 e. The van der Waals surface area contributed by atoms with E-state index >= 15 is 0 Å². The van der Waals surface area contributed by atoms with Gasteiger partial charge in [0, 0.05) is 0 Å². The Morgan fingerprint density at radius 3 is 1.52 bits per heavy atom. The molecule has 0 aromatic carbocycles. The lowest BCUT2D eigenvalue weighted by molar-refractivity contribution is 0.186. The van der Waals surface area contributed by atoms with Crippen LogP contribution in [0.2, 0.25) is 0 Å². The van der Waals surface area contributed by atoms with Gasteiger partial charge in [-0.25, -0.2) is 0 Å². The molecule has 1 unspecified atom stereocenters. The molecule has 0 bridgehead atoms. The van der Waals surface area contributed by atoms with E-state index in [1.807, 2.05) is 0 Å². The lowest BCUT2D eigenvalue weighted by Gasteiger charge is -2.34. The molecular weight excluding hydrogens is 348 g/mol. The van der Waals surface area contributed by atoms with Crippen LogP contribution in [0.1, 0.15) is 165 Å². The monoisotopic (exact) mass is 408 g/mol. The Morgan fingerprint density at radius 2 is 1.00 bits per heavy atom. The predicted molar refractivity (Wildman–Crippen MR) is 136 cm³/mol. The van der Waals surface area contributed by atoms with Crippen molar-refractivity contribution >= 4 is 0 Å². The van der Waals surface area contributed by atoms with E-state index in [0.717, 1.165) is 5.92 Å². The van der Waals surface area contributed by atoms with E-state index in [1.165, 1.54) is 103 Å². The molecule has 0 spiro atoms. The van der Waals surface area contributed by atoms with Crippen molar-refractivity contribution in [3.8, 4) is 0 Å².